The fourth-order valence-corrected chi connectivity index (χ4v) is 3.45. The fourth-order valence-electron chi connectivity index (χ4n) is 3.45. The molecule has 5 nitrogen and oxygen atoms in total. The second-order valence-electron chi connectivity index (χ2n) is 8.89. The number of unbranched alkanes of at least 4 members (excludes halogenated alkanes) is 12. The van der Waals surface area contributed by atoms with Gasteiger partial charge in [0.25, 0.3) is 0 Å². The number of rotatable bonds is 23. The zero-order valence-corrected chi connectivity index (χ0v) is 20.8. The second-order valence-corrected chi connectivity index (χ2v) is 8.89. The Morgan fingerprint density at radius 1 is 0.645 bits per heavy atom. The van der Waals surface area contributed by atoms with Crippen molar-refractivity contribution in [3.63, 3.8) is 0 Å². The van der Waals surface area contributed by atoms with Crippen LogP contribution in [0.25, 0.3) is 0 Å². The van der Waals surface area contributed by atoms with E-state index in [9.17, 15) is 9.59 Å². The van der Waals surface area contributed by atoms with Crippen molar-refractivity contribution in [3.8, 4) is 0 Å². The molecule has 0 bridgehead atoms. The molecular weight excluding hydrogens is 392 g/mol. The maximum absolute atomic E-state index is 11.7. The van der Waals surface area contributed by atoms with Crippen LogP contribution in [-0.2, 0) is 23.8 Å². The molecule has 31 heavy (non-hydrogen) atoms. The minimum absolute atomic E-state index is 0.0505. The Labute approximate surface area is 192 Å². The lowest BCUT2D eigenvalue weighted by molar-refractivity contribution is -0.145. The molecule has 0 aliphatic heterocycles. The van der Waals surface area contributed by atoms with Gasteiger partial charge in [-0.3, -0.25) is 9.59 Å². The molecule has 0 saturated carbocycles. The Balaban J connectivity index is 3.32. The summed E-state index contributed by atoms with van der Waals surface area (Å²) in [6.45, 7) is 6.07. The molecule has 0 aromatic rings. The van der Waals surface area contributed by atoms with Crippen molar-refractivity contribution in [1.82, 2.24) is 0 Å². The number of hydrogen-bond donors (Lipinski definition) is 0. The van der Waals surface area contributed by atoms with Crippen LogP contribution >= 0.6 is 0 Å². The molecule has 1 unspecified atom stereocenters. The standard InChI is InChI=1S/C26H50O5/c1-4-5-6-7-8-11-14-17-21-30-25(27)18-15-12-9-10-13-16-19-26(28)31-23-24(2)20-22-29-3/h24H,4-23H2,1-3H3. The number of esters is 2. The summed E-state index contributed by atoms with van der Waals surface area (Å²) in [5, 5.41) is 0. The maximum Gasteiger partial charge on any atom is 0.305 e. The first-order chi connectivity index (χ1) is 15.1. The summed E-state index contributed by atoms with van der Waals surface area (Å²) >= 11 is 0. The zero-order chi connectivity index (χ0) is 23.0. The number of hydrogen-bond acceptors (Lipinski definition) is 5. The molecule has 0 N–H and O–H groups in total. The SMILES string of the molecule is CCCCCCCCCCOC(=O)CCCCCCCCC(=O)OCC(C)CCOC. The summed E-state index contributed by atoms with van der Waals surface area (Å²) in [6.07, 6.45) is 18.1. The van der Waals surface area contributed by atoms with Crippen LogP contribution in [0.5, 0.6) is 0 Å². The summed E-state index contributed by atoms with van der Waals surface area (Å²) in [5.41, 5.74) is 0. The molecule has 0 amide bonds. The van der Waals surface area contributed by atoms with Gasteiger partial charge in [0.05, 0.1) is 13.2 Å². The summed E-state index contributed by atoms with van der Waals surface area (Å²) in [7, 11) is 1.68. The first-order valence-electron chi connectivity index (χ1n) is 12.9. The normalized spacial score (nSPS) is 12.0. The van der Waals surface area contributed by atoms with Crippen LogP contribution in [-0.4, -0.2) is 38.9 Å². The summed E-state index contributed by atoms with van der Waals surface area (Å²) in [4.78, 5) is 23.5. The minimum Gasteiger partial charge on any atom is -0.466 e. The highest BCUT2D eigenvalue weighted by atomic mass is 16.5. The third-order valence-electron chi connectivity index (χ3n) is 5.62. The average Bonchev–Trinajstić information content (AvgIpc) is 2.76. The van der Waals surface area contributed by atoms with Crippen molar-refractivity contribution in [2.75, 3.05) is 26.9 Å². The molecule has 184 valence electrons. The van der Waals surface area contributed by atoms with Crippen molar-refractivity contribution < 1.29 is 23.8 Å². The highest BCUT2D eigenvalue weighted by molar-refractivity contribution is 5.69. The van der Waals surface area contributed by atoms with Crippen LogP contribution in [0.15, 0.2) is 0 Å². The van der Waals surface area contributed by atoms with Crippen molar-refractivity contribution in [2.45, 2.75) is 123 Å². The summed E-state index contributed by atoms with van der Waals surface area (Å²) in [5.74, 6) is 0.199. The molecule has 5 heteroatoms. The number of carbonyl (C=O) groups is 2. The highest BCUT2D eigenvalue weighted by Gasteiger charge is 2.07. The van der Waals surface area contributed by atoms with Crippen LogP contribution in [0.4, 0.5) is 0 Å². The van der Waals surface area contributed by atoms with Crippen LogP contribution < -0.4 is 0 Å². The number of ether oxygens (including phenoxy) is 3. The molecule has 0 aromatic carbocycles. The second kappa shape index (κ2) is 23.6. The van der Waals surface area contributed by atoms with Crippen LogP contribution in [0, 0.1) is 5.92 Å². The van der Waals surface area contributed by atoms with Gasteiger partial charge in [-0.25, -0.2) is 0 Å². The van der Waals surface area contributed by atoms with Gasteiger partial charge in [-0.05, 0) is 31.6 Å². The van der Waals surface area contributed by atoms with Gasteiger partial charge in [-0.2, -0.15) is 0 Å². The van der Waals surface area contributed by atoms with E-state index in [1.807, 2.05) is 0 Å². The van der Waals surface area contributed by atoms with Gasteiger partial charge in [0.2, 0.25) is 0 Å². The van der Waals surface area contributed by atoms with Gasteiger partial charge in [0.15, 0.2) is 0 Å². The van der Waals surface area contributed by atoms with E-state index < -0.39 is 0 Å². The largest absolute Gasteiger partial charge is 0.466 e. The van der Waals surface area contributed by atoms with Crippen molar-refractivity contribution in [2.24, 2.45) is 5.92 Å². The lowest BCUT2D eigenvalue weighted by Gasteiger charge is -2.11. The Bertz CT molecular complexity index is 411. The van der Waals surface area contributed by atoms with E-state index >= 15 is 0 Å². The molecule has 0 heterocycles. The Morgan fingerprint density at radius 2 is 1.13 bits per heavy atom. The molecule has 1 atom stereocenters. The molecular formula is C26H50O5. The molecule has 0 fully saturated rings. The van der Waals surface area contributed by atoms with Gasteiger partial charge in [0.1, 0.15) is 0 Å². The van der Waals surface area contributed by atoms with Gasteiger partial charge in [-0.15, -0.1) is 0 Å². The van der Waals surface area contributed by atoms with Crippen molar-refractivity contribution in [3.05, 3.63) is 0 Å². The van der Waals surface area contributed by atoms with Crippen LogP contribution in [0.1, 0.15) is 123 Å². The maximum atomic E-state index is 11.7. The van der Waals surface area contributed by atoms with Gasteiger partial charge in [-0.1, -0.05) is 84.5 Å². The third kappa shape index (κ3) is 23.4. The van der Waals surface area contributed by atoms with Gasteiger partial charge < -0.3 is 14.2 Å². The monoisotopic (exact) mass is 442 g/mol. The molecule has 0 aromatic heterocycles. The van der Waals surface area contributed by atoms with E-state index in [4.69, 9.17) is 14.2 Å². The molecule has 0 rings (SSSR count). The van der Waals surface area contributed by atoms with Crippen LogP contribution in [0.2, 0.25) is 0 Å². The van der Waals surface area contributed by atoms with E-state index in [1.54, 1.807) is 7.11 Å². The van der Waals surface area contributed by atoms with E-state index in [1.165, 1.54) is 44.9 Å². The van der Waals surface area contributed by atoms with E-state index in [0.717, 1.165) is 51.4 Å². The third-order valence-corrected chi connectivity index (χ3v) is 5.62. The summed E-state index contributed by atoms with van der Waals surface area (Å²) < 4.78 is 15.7. The Hall–Kier alpha value is -1.10. The Kier molecular flexibility index (Phi) is 22.7. The zero-order valence-electron chi connectivity index (χ0n) is 20.8. The highest BCUT2D eigenvalue weighted by Crippen LogP contribution is 2.11. The quantitative estimate of drug-likeness (QED) is 0.126. The number of carbonyl (C=O) groups excluding carboxylic acids is 2. The lowest BCUT2D eigenvalue weighted by atomic mass is 10.1. The topological polar surface area (TPSA) is 61.8 Å². The fraction of sp³-hybridized carbons (Fsp3) is 0.923. The van der Waals surface area contributed by atoms with Gasteiger partial charge in [0, 0.05) is 26.6 Å². The minimum atomic E-state index is -0.0940. The summed E-state index contributed by atoms with van der Waals surface area (Å²) in [6, 6.07) is 0. The van der Waals surface area contributed by atoms with Crippen molar-refractivity contribution >= 4 is 11.9 Å². The smallest absolute Gasteiger partial charge is 0.305 e. The lowest BCUT2D eigenvalue weighted by Crippen LogP contribution is -2.13. The number of methoxy groups -OCH3 is 1. The van der Waals surface area contributed by atoms with Crippen molar-refractivity contribution in [1.29, 1.82) is 0 Å². The average molecular weight is 443 g/mol. The van der Waals surface area contributed by atoms with E-state index in [2.05, 4.69) is 13.8 Å². The van der Waals surface area contributed by atoms with Crippen LogP contribution in [0.3, 0.4) is 0 Å². The first-order valence-corrected chi connectivity index (χ1v) is 12.9. The molecule has 0 radical (unpaired) electrons. The molecule has 0 spiro atoms. The first kappa shape index (κ1) is 29.9. The predicted molar refractivity (Wildman–Crippen MR) is 127 cm³/mol. The molecule has 0 aliphatic rings. The molecule has 0 aliphatic carbocycles. The molecule has 0 saturated heterocycles. The van der Waals surface area contributed by atoms with E-state index in [0.29, 0.717) is 38.6 Å². The van der Waals surface area contributed by atoms with Gasteiger partial charge >= 0.3 is 11.9 Å². The van der Waals surface area contributed by atoms with E-state index in [-0.39, 0.29) is 11.9 Å². The predicted octanol–water partition coefficient (Wildman–Crippen LogP) is 7.01. The Morgan fingerprint density at radius 3 is 1.68 bits per heavy atom.